The minimum atomic E-state index is -0.260. The Morgan fingerprint density at radius 2 is 1.74 bits per heavy atom. The molecule has 0 aliphatic carbocycles. The quantitative estimate of drug-likeness (QED) is 0.411. The molecule has 1 amide bonds. The van der Waals surface area contributed by atoms with Crippen LogP contribution < -0.4 is 4.74 Å². The maximum atomic E-state index is 12.6. The van der Waals surface area contributed by atoms with Crippen LogP contribution in [-0.4, -0.2) is 64.3 Å². The molecule has 34 heavy (non-hydrogen) atoms. The number of piperazine rings is 1. The van der Waals surface area contributed by atoms with Crippen LogP contribution in [-0.2, 0) is 12.8 Å². The average molecular weight is 477 g/mol. The van der Waals surface area contributed by atoms with Gasteiger partial charge in [-0.25, -0.2) is 4.79 Å². The molecule has 2 aromatic heterocycles. The van der Waals surface area contributed by atoms with E-state index in [4.69, 9.17) is 4.74 Å². The molecule has 7 heteroatoms. The van der Waals surface area contributed by atoms with E-state index in [9.17, 15) is 4.79 Å². The van der Waals surface area contributed by atoms with E-state index in [1.165, 1.54) is 10.5 Å². The van der Waals surface area contributed by atoms with E-state index in [0.717, 1.165) is 56.0 Å². The molecule has 3 heterocycles. The van der Waals surface area contributed by atoms with E-state index < -0.39 is 0 Å². The number of rotatable bonds is 9. The molecular formula is C27H32N4O2S. The molecule has 178 valence electrons. The van der Waals surface area contributed by atoms with Gasteiger partial charge in [0.2, 0.25) is 0 Å². The van der Waals surface area contributed by atoms with Crippen molar-refractivity contribution in [2.24, 2.45) is 0 Å². The number of hydrogen-bond acceptors (Lipinski definition) is 6. The third kappa shape index (κ3) is 7.57. The number of aromatic nitrogens is 2. The maximum absolute atomic E-state index is 12.6. The van der Waals surface area contributed by atoms with Gasteiger partial charge >= 0.3 is 6.09 Å². The van der Waals surface area contributed by atoms with E-state index in [1.54, 1.807) is 4.90 Å². The van der Waals surface area contributed by atoms with Crippen LogP contribution in [0.3, 0.4) is 0 Å². The van der Waals surface area contributed by atoms with Gasteiger partial charge in [-0.3, -0.25) is 14.9 Å². The predicted octanol–water partition coefficient (Wildman–Crippen LogP) is 4.87. The second kappa shape index (κ2) is 12.5. The van der Waals surface area contributed by atoms with Crippen molar-refractivity contribution in [3.8, 4) is 5.75 Å². The van der Waals surface area contributed by atoms with Crippen molar-refractivity contribution >= 4 is 17.9 Å². The highest BCUT2D eigenvalue weighted by atomic mass is 32.2. The van der Waals surface area contributed by atoms with Crippen molar-refractivity contribution in [3.63, 3.8) is 0 Å². The molecule has 1 aliphatic heterocycles. The third-order valence-corrected chi connectivity index (χ3v) is 6.94. The SMILES string of the molecule is Cc1cccc(CCCN2CCN(C(=O)Oc3ccc(CCSc4ccncc4)cc3)CC2)n1. The number of ether oxygens (including phenoxy) is 1. The number of nitrogens with zero attached hydrogens (tertiary/aromatic N) is 4. The summed E-state index contributed by atoms with van der Waals surface area (Å²) in [5, 5.41) is 0. The molecule has 0 atom stereocenters. The van der Waals surface area contributed by atoms with Gasteiger partial charge < -0.3 is 9.64 Å². The number of hydrogen-bond donors (Lipinski definition) is 0. The molecule has 0 bridgehead atoms. The summed E-state index contributed by atoms with van der Waals surface area (Å²) in [7, 11) is 0. The first-order chi connectivity index (χ1) is 16.7. The van der Waals surface area contributed by atoms with Crippen molar-refractivity contribution in [1.82, 2.24) is 19.8 Å². The van der Waals surface area contributed by atoms with Crippen LogP contribution in [0.15, 0.2) is 71.9 Å². The lowest BCUT2D eigenvalue weighted by atomic mass is 10.2. The monoisotopic (exact) mass is 476 g/mol. The van der Waals surface area contributed by atoms with Gasteiger partial charge in [0.1, 0.15) is 5.75 Å². The van der Waals surface area contributed by atoms with Crippen molar-refractivity contribution in [2.75, 3.05) is 38.5 Å². The summed E-state index contributed by atoms with van der Waals surface area (Å²) >= 11 is 1.81. The van der Waals surface area contributed by atoms with Gasteiger partial charge in [0.15, 0.2) is 0 Å². The topological polar surface area (TPSA) is 58.6 Å². The Balaban J connectivity index is 1.14. The lowest BCUT2D eigenvalue weighted by Gasteiger charge is -2.34. The summed E-state index contributed by atoms with van der Waals surface area (Å²) in [6.45, 7) is 6.22. The summed E-state index contributed by atoms with van der Waals surface area (Å²) in [6.07, 6.45) is 6.40. The number of pyridine rings is 2. The molecule has 6 nitrogen and oxygen atoms in total. The van der Waals surface area contributed by atoms with Gasteiger partial charge in [-0.2, -0.15) is 0 Å². The van der Waals surface area contributed by atoms with Gasteiger partial charge in [-0.15, -0.1) is 11.8 Å². The summed E-state index contributed by atoms with van der Waals surface area (Å²) in [4.78, 5) is 26.6. The zero-order chi connectivity index (χ0) is 23.6. The second-order valence-corrected chi connectivity index (χ2v) is 9.66. The van der Waals surface area contributed by atoms with E-state index in [0.29, 0.717) is 18.8 Å². The molecule has 0 spiro atoms. The summed E-state index contributed by atoms with van der Waals surface area (Å²) in [5.74, 6) is 1.60. The zero-order valence-electron chi connectivity index (χ0n) is 19.7. The van der Waals surface area contributed by atoms with E-state index in [-0.39, 0.29) is 6.09 Å². The maximum Gasteiger partial charge on any atom is 0.415 e. The molecule has 0 unspecified atom stereocenters. The van der Waals surface area contributed by atoms with Crippen molar-refractivity contribution in [3.05, 3.63) is 83.9 Å². The first kappa shape index (κ1) is 24.2. The van der Waals surface area contributed by atoms with Gasteiger partial charge in [0, 0.05) is 60.6 Å². The first-order valence-electron chi connectivity index (χ1n) is 11.9. The standard InChI is InChI=1S/C27H32N4O2S/c1-22-4-2-5-24(29-22)6-3-16-30-17-19-31(20-18-30)27(32)33-25-9-7-23(8-10-25)13-21-34-26-11-14-28-15-12-26/h2,4-5,7-12,14-15H,3,6,13,16-21H2,1H3. The highest BCUT2D eigenvalue weighted by molar-refractivity contribution is 7.99. The average Bonchev–Trinajstić information content (AvgIpc) is 2.86. The van der Waals surface area contributed by atoms with Crippen molar-refractivity contribution < 1.29 is 9.53 Å². The van der Waals surface area contributed by atoms with Gasteiger partial charge in [-0.1, -0.05) is 18.2 Å². The van der Waals surface area contributed by atoms with Crippen molar-refractivity contribution in [1.29, 1.82) is 0 Å². The number of thioether (sulfide) groups is 1. The molecule has 1 saturated heterocycles. The van der Waals surface area contributed by atoms with Crippen LogP contribution in [0.2, 0.25) is 0 Å². The lowest BCUT2D eigenvalue weighted by Crippen LogP contribution is -2.49. The number of carbonyl (C=O) groups is 1. The smallest absolute Gasteiger partial charge is 0.410 e. The Labute approximate surface area is 206 Å². The van der Waals surface area contributed by atoms with E-state index in [2.05, 4.69) is 27.0 Å². The highest BCUT2D eigenvalue weighted by Crippen LogP contribution is 2.20. The minimum absolute atomic E-state index is 0.260. The molecule has 4 rings (SSSR count). The van der Waals surface area contributed by atoms with Crippen LogP contribution in [0, 0.1) is 6.92 Å². The normalized spacial score (nSPS) is 14.2. The molecule has 0 saturated carbocycles. The zero-order valence-corrected chi connectivity index (χ0v) is 20.5. The Hall–Kier alpha value is -2.90. The number of carbonyl (C=O) groups excluding carboxylic acids is 1. The summed E-state index contributed by atoms with van der Waals surface area (Å²) < 4.78 is 5.62. The fraction of sp³-hybridized carbons (Fsp3) is 0.370. The predicted molar refractivity (Wildman–Crippen MR) is 136 cm³/mol. The number of aryl methyl sites for hydroxylation is 3. The van der Waals surface area contributed by atoms with Crippen LogP contribution in [0.1, 0.15) is 23.4 Å². The summed E-state index contributed by atoms with van der Waals surface area (Å²) in [6, 6.07) is 18.1. The molecule has 0 radical (unpaired) electrons. The molecule has 3 aromatic rings. The minimum Gasteiger partial charge on any atom is -0.410 e. The molecule has 0 N–H and O–H groups in total. The van der Waals surface area contributed by atoms with Gasteiger partial charge in [0.25, 0.3) is 0 Å². The Morgan fingerprint density at radius 1 is 0.971 bits per heavy atom. The molecular weight excluding hydrogens is 444 g/mol. The van der Waals surface area contributed by atoms with Crippen LogP contribution in [0.25, 0.3) is 0 Å². The largest absolute Gasteiger partial charge is 0.415 e. The van der Waals surface area contributed by atoms with Crippen LogP contribution in [0.5, 0.6) is 5.75 Å². The first-order valence-corrected chi connectivity index (χ1v) is 12.9. The highest BCUT2D eigenvalue weighted by Gasteiger charge is 2.22. The van der Waals surface area contributed by atoms with E-state index in [1.807, 2.05) is 73.5 Å². The van der Waals surface area contributed by atoms with Gasteiger partial charge in [0.05, 0.1) is 0 Å². The lowest BCUT2D eigenvalue weighted by molar-refractivity contribution is 0.110. The Kier molecular flexibility index (Phi) is 8.93. The molecule has 1 aromatic carbocycles. The Morgan fingerprint density at radius 3 is 2.47 bits per heavy atom. The second-order valence-electron chi connectivity index (χ2n) is 8.50. The van der Waals surface area contributed by atoms with E-state index >= 15 is 0 Å². The van der Waals surface area contributed by atoms with Gasteiger partial charge in [-0.05, 0) is 74.7 Å². The molecule has 1 fully saturated rings. The van der Waals surface area contributed by atoms with Crippen LogP contribution >= 0.6 is 11.8 Å². The number of amides is 1. The fourth-order valence-electron chi connectivity index (χ4n) is 3.99. The van der Waals surface area contributed by atoms with Crippen LogP contribution in [0.4, 0.5) is 4.79 Å². The number of benzene rings is 1. The fourth-order valence-corrected chi connectivity index (χ4v) is 4.87. The summed E-state index contributed by atoms with van der Waals surface area (Å²) in [5.41, 5.74) is 3.45. The Bertz CT molecular complexity index is 1040. The van der Waals surface area contributed by atoms with Crippen molar-refractivity contribution in [2.45, 2.75) is 31.1 Å². The third-order valence-electron chi connectivity index (χ3n) is 5.92. The molecule has 1 aliphatic rings.